The Hall–Kier alpha value is -1.59. The summed E-state index contributed by atoms with van der Waals surface area (Å²) in [6, 6.07) is 0. The van der Waals surface area contributed by atoms with Crippen LogP contribution in [0, 0.1) is 17.3 Å². The summed E-state index contributed by atoms with van der Waals surface area (Å²) in [6.45, 7) is 3.31. The predicted octanol–water partition coefficient (Wildman–Crippen LogP) is -0.0254. The highest BCUT2D eigenvalue weighted by Crippen LogP contribution is 2.58. The van der Waals surface area contributed by atoms with E-state index in [1.807, 2.05) is 0 Å². The fourth-order valence-electron chi connectivity index (χ4n) is 2.13. The number of methoxy groups -OCH3 is 1. The first-order valence-corrected chi connectivity index (χ1v) is 5.28. The second kappa shape index (κ2) is 4.35. The molecule has 0 unspecified atom stereocenters. The number of nitrogens with zero attached hydrogens (tertiary/aromatic N) is 1. The van der Waals surface area contributed by atoms with Gasteiger partial charge in [0.25, 0.3) is 0 Å². The summed E-state index contributed by atoms with van der Waals surface area (Å²) < 4.78 is 4.45. The molecule has 0 aromatic carbocycles. The van der Waals surface area contributed by atoms with E-state index in [-0.39, 0.29) is 12.5 Å². The third kappa shape index (κ3) is 2.40. The molecule has 6 heteroatoms. The monoisotopic (exact) mass is 243 g/mol. The zero-order valence-electron chi connectivity index (χ0n) is 10.4. The molecular formula is C11H17NO5. The summed E-state index contributed by atoms with van der Waals surface area (Å²) in [5, 5.41) is 8.96. The van der Waals surface area contributed by atoms with Crippen molar-refractivity contribution in [1.29, 1.82) is 0 Å². The summed E-state index contributed by atoms with van der Waals surface area (Å²) in [7, 11) is 2.70. The Labute approximate surface area is 99.5 Å². The molecule has 0 spiro atoms. The Morgan fingerprint density at radius 1 is 1.29 bits per heavy atom. The lowest BCUT2D eigenvalue weighted by atomic mass is 10.1. The van der Waals surface area contributed by atoms with E-state index in [9.17, 15) is 14.4 Å². The smallest absolute Gasteiger partial charge is 0.325 e. The minimum Gasteiger partial charge on any atom is -0.481 e. The molecule has 1 fully saturated rings. The number of hydrogen-bond acceptors (Lipinski definition) is 4. The lowest BCUT2D eigenvalue weighted by Crippen LogP contribution is -2.35. The van der Waals surface area contributed by atoms with Gasteiger partial charge in [0.15, 0.2) is 0 Å². The van der Waals surface area contributed by atoms with Gasteiger partial charge in [-0.2, -0.15) is 0 Å². The first kappa shape index (κ1) is 13.5. The average molecular weight is 243 g/mol. The van der Waals surface area contributed by atoms with Crippen LogP contribution in [0.3, 0.4) is 0 Å². The lowest BCUT2D eigenvalue weighted by Gasteiger charge is -2.16. The molecular weight excluding hydrogens is 226 g/mol. The van der Waals surface area contributed by atoms with E-state index in [0.717, 1.165) is 0 Å². The number of esters is 1. The molecule has 1 amide bonds. The molecule has 1 N–H and O–H groups in total. The number of carboxylic acid groups (broad SMARTS) is 1. The second-order valence-corrected chi connectivity index (χ2v) is 4.89. The number of carbonyl (C=O) groups is 3. The minimum atomic E-state index is -0.972. The third-order valence-corrected chi connectivity index (χ3v) is 3.33. The Kier molecular flexibility index (Phi) is 3.45. The maximum atomic E-state index is 11.9. The maximum Gasteiger partial charge on any atom is 0.325 e. The molecule has 1 rings (SSSR count). The normalized spacial score (nSPS) is 24.9. The van der Waals surface area contributed by atoms with Crippen molar-refractivity contribution in [2.75, 3.05) is 20.7 Å². The summed E-state index contributed by atoms with van der Waals surface area (Å²) >= 11 is 0. The van der Waals surface area contributed by atoms with Crippen molar-refractivity contribution >= 4 is 17.8 Å². The molecule has 0 saturated heterocycles. The fraction of sp³-hybridized carbons (Fsp3) is 0.727. The average Bonchev–Trinajstić information content (AvgIpc) is 2.80. The number of likely N-dealkylation sites (N-methyl/N-ethyl adjacent to an activating group) is 1. The molecule has 0 aromatic rings. The van der Waals surface area contributed by atoms with E-state index in [0.29, 0.717) is 0 Å². The van der Waals surface area contributed by atoms with Crippen molar-refractivity contribution in [3.63, 3.8) is 0 Å². The maximum absolute atomic E-state index is 11.9. The van der Waals surface area contributed by atoms with Gasteiger partial charge in [-0.05, 0) is 5.41 Å². The molecule has 0 heterocycles. The van der Waals surface area contributed by atoms with Crippen LogP contribution in [-0.2, 0) is 19.1 Å². The van der Waals surface area contributed by atoms with E-state index in [2.05, 4.69) is 4.74 Å². The SMILES string of the molecule is COC(=O)CN(C)C(=O)[C@H]1[C@@H](C(=O)O)C1(C)C. The number of amides is 1. The van der Waals surface area contributed by atoms with E-state index in [4.69, 9.17) is 5.11 Å². The van der Waals surface area contributed by atoms with Crippen molar-refractivity contribution in [2.45, 2.75) is 13.8 Å². The van der Waals surface area contributed by atoms with Gasteiger partial charge in [0, 0.05) is 7.05 Å². The molecule has 1 aliphatic rings. The Morgan fingerprint density at radius 3 is 2.18 bits per heavy atom. The van der Waals surface area contributed by atoms with Gasteiger partial charge in [-0.15, -0.1) is 0 Å². The highest BCUT2D eigenvalue weighted by atomic mass is 16.5. The topological polar surface area (TPSA) is 83.9 Å². The molecule has 6 nitrogen and oxygen atoms in total. The molecule has 0 bridgehead atoms. The van der Waals surface area contributed by atoms with Crippen molar-refractivity contribution in [3.8, 4) is 0 Å². The van der Waals surface area contributed by atoms with Crippen LogP contribution >= 0.6 is 0 Å². The zero-order valence-corrected chi connectivity index (χ0v) is 10.4. The molecule has 1 aliphatic carbocycles. The standard InChI is InChI=1S/C11H17NO5/c1-11(2)7(8(11)10(15)16)9(14)12(3)5-6(13)17-4/h7-8H,5H2,1-4H3,(H,15,16)/t7-,8+/m1/s1. The summed E-state index contributed by atoms with van der Waals surface area (Å²) in [6.07, 6.45) is 0. The van der Waals surface area contributed by atoms with E-state index < -0.39 is 29.2 Å². The number of hydrogen-bond donors (Lipinski definition) is 1. The van der Waals surface area contributed by atoms with Crippen LogP contribution in [0.5, 0.6) is 0 Å². The van der Waals surface area contributed by atoms with Crippen LogP contribution in [-0.4, -0.2) is 48.6 Å². The number of carbonyl (C=O) groups excluding carboxylic acids is 2. The lowest BCUT2D eigenvalue weighted by molar-refractivity contribution is -0.147. The van der Waals surface area contributed by atoms with E-state index in [1.54, 1.807) is 13.8 Å². The quantitative estimate of drug-likeness (QED) is 0.701. The van der Waals surface area contributed by atoms with Crippen LogP contribution in [0.4, 0.5) is 0 Å². The number of carboxylic acids is 1. The third-order valence-electron chi connectivity index (χ3n) is 3.33. The first-order valence-electron chi connectivity index (χ1n) is 5.28. The van der Waals surface area contributed by atoms with Gasteiger partial charge in [0.1, 0.15) is 6.54 Å². The molecule has 0 radical (unpaired) electrons. The Morgan fingerprint density at radius 2 is 1.82 bits per heavy atom. The number of aliphatic carboxylic acids is 1. The molecule has 2 atom stereocenters. The number of rotatable bonds is 4. The van der Waals surface area contributed by atoms with Crippen molar-refractivity contribution in [1.82, 2.24) is 4.90 Å². The highest BCUT2D eigenvalue weighted by Gasteiger charge is 2.66. The number of ether oxygens (including phenoxy) is 1. The Balaban J connectivity index is 2.66. The van der Waals surface area contributed by atoms with Crippen LogP contribution in [0.2, 0.25) is 0 Å². The molecule has 17 heavy (non-hydrogen) atoms. The summed E-state index contributed by atoms with van der Waals surface area (Å²) in [5.74, 6) is -3.05. The zero-order chi connectivity index (χ0) is 13.4. The van der Waals surface area contributed by atoms with Crippen molar-refractivity contribution < 1.29 is 24.2 Å². The van der Waals surface area contributed by atoms with Crippen LogP contribution < -0.4 is 0 Å². The van der Waals surface area contributed by atoms with Crippen molar-refractivity contribution in [3.05, 3.63) is 0 Å². The molecule has 1 saturated carbocycles. The predicted molar refractivity (Wildman–Crippen MR) is 58.0 cm³/mol. The second-order valence-electron chi connectivity index (χ2n) is 4.89. The van der Waals surface area contributed by atoms with Crippen LogP contribution in [0.1, 0.15) is 13.8 Å². The van der Waals surface area contributed by atoms with Crippen molar-refractivity contribution in [2.24, 2.45) is 17.3 Å². The van der Waals surface area contributed by atoms with Gasteiger partial charge in [-0.3, -0.25) is 14.4 Å². The van der Waals surface area contributed by atoms with E-state index in [1.165, 1.54) is 19.1 Å². The molecule has 0 aromatic heterocycles. The van der Waals surface area contributed by atoms with Gasteiger partial charge in [-0.1, -0.05) is 13.8 Å². The van der Waals surface area contributed by atoms with Crippen LogP contribution in [0.25, 0.3) is 0 Å². The van der Waals surface area contributed by atoms with E-state index >= 15 is 0 Å². The molecule has 96 valence electrons. The summed E-state index contributed by atoms with van der Waals surface area (Å²) in [5.41, 5.74) is -0.548. The Bertz CT molecular complexity index is 363. The fourth-order valence-corrected chi connectivity index (χ4v) is 2.13. The van der Waals surface area contributed by atoms with Gasteiger partial charge in [-0.25, -0.2) is 0 Å². The van der Waals surface area contributed by atoms with Gasteiger partial charge in [0.05, 0.1) is 18.9 Å². The van der Waals surface area contributed by atoms with Gasteiger partial charge in [0.2, 0.25) is 5.91 Å². The highest BCUT2D eigenvalue weighted by molar-refractivity contribution is 5.93. The van der Waals surface area contributed by atoms with Gasteiger partial charge >= 0.3 is 11.9 Å². The largest absolute Gasteiger partial charge is 0.481 e. The van der Waals surface area contributed by atoms with Gasteiger partial charge < -0.3 is 14.7 Å². The summed E-state index contributed by atoms with van der Waals surface area (Å²) in [4.78, 5) is 35.1. The first-order chi connectivity index (χ1) is 7.73. The van der Waals surface area contributed by atoms with Crippen LogP contribution in [0.15, 0.2) is 0 Å². The minimum absolute atomic E-state index is 0.158. The molecule has 0 aliphatic heterocycles.